The maximum absolute atomic E-state index is 11.3. The summed E-state index contributed by atoms with van der Waals surface area (Å²) in [4.78, 5) is 0. The summed E-state index contributed by atoms with van der Waals surface area (Å²) in [5.41, 5.74) is 0. The Labute approximate surface area is 58.2 Å². The molecule has 0 rings (SSSR count). The Balaban J connectivity index is 3.04. The van der Waals surface area contributed by atoms with Crippen molar-refractivity contribution < 1.29 is 17.9 Å². The number of ether oxygens (including phenoxy) is 1. The third-order valence-corrected chi connectivity index (χ3v) is 0.804. The minimum absolute atomic E-state index is 0.142. The van der Waals surface area contributed by atoms with Crippen molar-refractivity contribution in [1.82, 2.24) is 0 Å². The van der Waals surface area contributed by atoms with Crippen molar-refractivity contribution in [3.8, 4) is 0 Å². The highest BCUT2D eigenvalue weighted by molar-refractivity contribution is 4.46. The number of hydrogen-bond donors (Lipinski definition) is 0. The highest BCUT2D eigenvalue weighted by atomic mass is 19.4. The van der Waals surface area contributed by atoms with Gasteiger partial charge in [0.25, 0.3) is 0 Å². The molecule has 0 N–H and O–H groups in total. The predicted molar refractivity (Wildman–Crippen MR) is 31.5 cm³/mol. The van der Waals surface area contributed by atoms with Gasteiger partial charge in [-0.15, -0.1) is 0 Å². The molecule has 0 saturated carbocycles. The van der Waals surface area contributed by atoms with E-state index in [1.807, 2.05) is 0 Å². The van der Waals surface area contributed by atoms with E-state index in [9.17, 15) is 13.2 Å². The van der Waals surface area contributed by atoms with Crippen LogP contribution in [0.4, 0.5) is 13.2 Å². The standard InChI is InChI=1S/C6H10F3O/c1-2-3-4-10-5-6(7,8)9/h1-5H2. The second-order valence-electron chi connectivity index (χ2n) is 1.87. The molecular weight excluding hydrogens is 145 g/mol. The molecule has 0 aliphatic carbocycles. The van der Waals surface area contributed by atoms with Gasteiger partial charge < -0.3 is 4.74 Å². The molecule has 0 bridgehead atoms. The van der Waals surface area contributed by atoms with Crippen LogP contribution in [0.25, 0.3) is 0 Å². The first kappa shape index (κ1) is 9.75. The molecule has 0 saturated heterocycles. The third-order valence-electron chi connectivity index (χ3n) is 0.804. The maximum Gasteiger partial charge on any atom is 0.411 e. The summed E-state index contributed by atoms with van der Waals surface area (Å²) in [6.45, 7) is 2.45. The van der Waals surface area contributed by atoms with Crippen molar-refractivity contribution in [1.29, 1.82) is 0 Å². The van der Waals surface area contributed by atoms with Gasteiger partial charge >= 0.3 is 6.18 Å². The zero-order valence-corrected chi connectivity index (χ0v) is 5.58. The fraction of sp³-hybridized carbons (Fsp3) is 0.833. The van der Waals surface area contributed by atoms with E-state index in [-0.39, 0.29) is 6.61 Å². The SMILES string of the molecule is [CH2]CCCOCC(F)(F)F. The van der Waals surface area contributed by atoms with Crippen LogP contribution in [-0.2, 0) is 4.74 Å². The lowest BCUT2D eigenvalue weighted by molar-refractivity contribution is -0.173. The van der Waals surface area contributed by atoms with Crippen molar-refractivity contribution in [2.24, 2.45) is 0 Å². The van der Waals surface area contributed by atoms with E-state index in [2.05, 4.69) is 11.7 Å². The second kappa shape index (κ2) is 4.55. The highest BCUT2D eigenvalue weighted by Gasteiger charge is 2.26. The number of hydrogen-bond acceptors (Lipinski definition) is 1. The van der Waals surface area contributed by atoms with Gasteiger partial charge in [-0.3, -0.25) is 0 Å². The van der Waals surface area contributed by atoms with Gasteiger partial charge in [-0.25, -0.2) is 0 Å². The minimum atomic E-state index is -4.19. The van der Waals surface area contributed by atoms with Crippen molar-refractivity contribution in [3.63, 3.8) is 0 Å². The van der Waals surface area contributed by atoms with Gasteiger partial charge in [0.2, 0.25) is 0 Å². The van der Waals surface area contributed by atoms with Crippen molar-refractivity contribution >= 4 is 0 Å². The predicted octanol–water partition coefficient (Wildman–Crippen LogP) is 2.18. The summed E-state index contributed by atoms with van der Waals surface area (Å²) in [6, 6.07) is 0. The van der Waals surface area contributed by atoms with Crippen molar-refractivity contribution in [3.05, 3.63) is 6.92 Å². The number of alkyl halides is 3. The summed E-state index contributed by atoms with van der Waals surface area (Å²) in [7, 11) is 0. The fourth-order valence-electron chi connectivity index (χ4n) is 0.392. The Morgan fingerprint density at radius 3 is 2.30 bits per heavy atom. The third kappa shape index (κ3) is 7.75. The summed E-state index contributed by atoms with van der Waals surface area (Å²) in [6.07, 6.45) is -3.00. The molecule has 0 spiro atoms. The van der Waals surface area contributed by atoms with Gasteiger partial charge in [0.15, 0.2) is 0 Å². The topological polar surface area (TPSA) is 9.23 Å². The van der Waals surface area contributed by atoms with E-state index >= 15 is 0 Å². The van der Waals surface area contributed by atoms with E-state index in [1.54, 1.807) is 0 Å². The molecule has 0 aromatic heterocycles. The average Bonchev–Trinajstić information content (AvgIpc) is 1.78. The van der Waals surface area contributed by atoms with Crippen LogP contribution >= 0.6 is 0 Å². The van der Waals surface area contributed by atoms with E-state index < -0.39 is 12.8 Å². The lowest BCUT2D eigenvalue weighted by Crippen LogP contribution is -2.17. The van der Waals surface area contributed by atoms with Gasteiger partial charge in [-0.05, 0) is 6.42 Å². The summed E-state index contributed by atoms with van der Waals surface area (Å²) >= 11 is 0. The molecule has 4 heteroatoms. The Hall–Kier alpha value is -0.250. The monoisotopic (exact) mass is 155 g/mol. The minimum Gasteiger partial charge on any atom is -0.372 e. The summed E-state index contributed by atoms with van der Waals surface area (Å²) in [5, 5.41) is 0. The molecule has 0 fully saturated rings. The smallest absolute Gasteiger partial charge is 0.372 e. The van der Waals surface area contributed by atoms with Crippen LogP contribution in [0.3, 0.4) is 0 Å². The molecule has 1 nitrogen and oxygen atoms in total. The van der Waals surface area contributed by atoms with Crippen LogP contribution in [-0.4, -0.2) is 19.4 Å². The van der Waals surface area contributed by atoms with E-state index in [0.29, 0.717) is 12.8 Å². The second-order valence-corrected chi connectivity index (χ2v) is 1.87. The van der Waals surface area contributed by atoms with E-state index in [4.69, 9.17) is 0 Å². The number of halogens is 3. The molecule has 1 radical (unpaired) electrons. The zero-order valence-electron chi connectivity index (χ0n) is 5.58. The van der Waals surface area contributed by atoms with Crippen LogP contribution in [0, 0.1) is 6.92 Å². The lowest BCUT2D eigenvalue weighted by Gasteiger charge is -2.05. The first-order valence-electron chi connectivity index (χ1n) is 3.00. The first-order valence-corrected chi connectivity index (χ1v) is 3.00. The molecule has 0 atom stereocenters. The van der Waals surface area contributed by atoms with Gasteiger partial charge in [0, 0.05) is 6.61 Å². The molecule has 61 valence electrons. The van der Waals surface area contributed by atoms with Crippen LogP contribution < -0.4 is 0 Å². The molecule has 0 aliphatic rings. The molecule has 0 aromatic rings. The van der Waals surface area contributed by atoms with Gasteiger partial charge in [-0.1, -0.05) is 13.3 Å². The van der Waals surface area contributed by atoms with E-state index in [1.165, 1.54) is 0 Å². The highest BCUT2D eigenvalue weighted by Crippen LogP contribution is 2.14. The Kier molecular flexibility index (Phi) is 4.43. The van der Waals surface area contributed by atoms with Crippen LogP contribution in [0.2, 0.25) is 0 Å². The van der Waals surface area contributed by atoms with Crippen LogP contribution in [0.1, 0.15) is 12.8 Å². The average molecular weight is 155 g/mol. The molecule has 0 aliphatic heterocycles. The normalized spacial score (nSPS) is 12.0. The van der Waals surface area contributed by atoms with Gasteiger partial charge in [-0.2, -0.15) is 13.2 Å². The van der Waals surface area contributed by atoms with Crippen molar-refractivity contribution in [2.75, 3.05) is 13.2 Å². The largest absolute Gasteiger partial charge is 0.411 e. The molecule has 0 amide bonds. The molecule has 10 heavy (non-hydrogen) atoms. The van der Waals surface area contributed by atoms with Crippen LogP contribution in [0.5, 0.6) is 0 Å². The number of rotatable bonds is 4. The summed E-state index contributed by atoms with van der Waals surface area (Å²) < 4.78 is 38.3. The fourth-order valence-corrected chi connectivity index (χ4v) is 0.392. The quantitative estimate of drug-likeness (QED) is 0.565. The van der Waals surface area contributed by atoms with Gasteiger partial charge in [0.1, 0.15) is 6.61 Å². The lowest BCUT2D eigenvalue weighted by atomic mass is 10.4. The van der Waals surface area contributed by atoms with E-state index in [0.717, 1.165) is 0 Å². The first-order chi connectivity index (χ1) is 4.56. The maximum atomic E-state index is 11.3. The van der Waals surface area contributed by atoms with Gasteiger partial charge in [0.05, 0.1) is 0 Å². The molecule has 0 aromatic carbocycles. The van der Waals surface area contributed by atoms with Crippen LogP contribution in [0.15, 0.2) is 0 Å². The Morgan fingerprint density at radius 1 is 1.30 bits per heavy atom. The molecular formula is C6H10F3O. The Morgan fingerprint density at radius 2 is 1.90 bits per heavy atom. The zero-order chi connectivity index (χ0) is 8.04. The molecule has 0 heterocycles. The number of unbranched alkanes of at least 4 members (excludes halogenated alkanes) is 1. The van der Waals surface area contributed by atoms with Crippen molar-refractivity contribution in [2.45, 2.75) is 19.0 Å². The Bertz CT molecular complexity index is 79.6. The molecule has 0 unspecified atom stereocenters. The summed E-state index contributed by atoms with van der Waals surface area (Å²) in [5.74, 6) is 0.